The van der Waals surface area contributed by atoms with Crippen molar-refractivity contribution in [3.63, 3.8) is 0 Å². The molecule has 0 aromatic carbocycles. The predicted octanol–water partition coefficient (Wildman–Crippen LogP) is 4.21. The molecule has 74 heavy (non-hydrogen) atoms. The first-order chi connectivity index (χ1) is 35.8. The summed E-state index contributed by atoms with van der Waals surface area (Å²) in [4.78, 5) is 13.0. The molecule has 3 aliphatic rings. The second kappa shape index (κ2) is 39.8. The van der Waals surface area contributed by atoms with Gasteiger partial charge in [-0.3, -0.25) is 4.79 Å². The van der Waals surface area contributed by atoms with Gasteiger partial charge in [-0.1, -0.05) is 187 Å². The molecule has 3 heterocycles. The predicted molar refractivity (Wildman–Crippen MR) is 277 cm³/mol. The van der Waals surface area contributed by atoms with E-state index < -0.39 is 124 Å². The van der Waals surface area contributed by atoms with E-state index in [0.29, 0.717) is 6.42 Å². The number of carbonyl (C=O) groups excluding carboxylic acids is 1. The zero-order valence-corrected chi connectivity index (χ0v) is 45.1. The number of aliphatic hydroxyl groups is 11. The smallest absolute Gasteiger partial charge is 0.220 e. The van der Waals surface area contributed by atoms with Crippen LogP contribution in [0.4, 0.5) is 0 Å². The van der Waals surface area contributed by atoms with Gasteiger partial charge in [0.15, 0.2) is 18.9 Å². The average molecular weight is 1070 g/mol. The highest BCUT2D eigenvalue weighted by Crippen LogP contribution is 2.33. The summed E-state index contributed by atoms with van der Waals surface area (Å²) in [6.45, 7) is 1.58. The van der Waals surface area contributed by atoms with Crippen molar-refractivity contribution in [3.8, 4) is 0 Å². The number of carbonyl (C=O) groups is 1. The van der Waals surface area contributed by atoms with Gasteiger partial charge in [-0.15, -0.1) is 0 Å². The number of hydrogen-bond acceptors (Lipinski definition) is 18. The molecule has 436 valence electrons. The van der Waals surface area contributed by atoms with Crippen LogP contribution in [0.5, 0.6) is 0 Å². The van der Waals surface area contributed by atoms with Crippen LogP contribution in [-0.4, -0.2) is 193 Å². The molecule has 0 bridgehead atoms. The third kappa shape index (κ3) is 24.3. The van der Waals surface area contributed by atoms with Gasteiger partial charge in [-0.05, 0) is 19.3 Å². The molecule has 3 fully saturated rings. The highest BCUT2D eigenvalue weighted by atomic mass is 16.8. The molecule has 19 heteroatoms. The fraction of sp³-hybridized carbons (Fsp3) is 0.945. The summed E-state index contributed by atoms with van der Waals surface area (Å²) < 4.78 is 34.0. The molecule has 12 N–H and O–H groups in total. The maximum atomic E-state index is 13.0. The van der Waals surface area contributed by atoms with Crippen LogP contribution in [0.15, 0.2) is 12.2 Å². The van der Waals surface area contributed by atoms with E-state index in [2.05, 4.69) is 19.2 Å². The van der Waals surface area contributed by atoms with Crippen molar-refractivity contribution in [3.05, 3.63) is 12.2 Å². The van der Waals surface area contributed by atoms with Crippen LogP contribution in [0.3, 0.4) is 0 Å². The summed E-state index contributed by atoms with van der Waals surface area (Å²) in [7, 11) is 0. The Labute approximate surface area is 442 Å². The normalized spacial score (nSPS) is 31.5. The number of rotatable bonds is 42. The van der Waals surface area contributed by atoms with Crippen molar-refractivity contribution >= 4 is 5.91 Å². The van der Waals surface area contributed by atoms with E-state index in [9.17, 15) is 61.0 Å². The van der Waals surface area contributed by atoms with Crippen molar-refractivity contribution in [1.29, 1.82) is 0 Å². The summed E-state index contributed by atoms with van der Waals surface area (Å²) in [5.74, 6) is -0.293. The van der Waals surface area contributed by atoms with Crippen molar-refractivity contribution in [2.24, 2.45) is 0 Å². The third-order valence-electron chi connectivity index (χ3n) is 14.8. The van der Waals surface area contributed by atoms with Gasteiger partial charge in [0, 0.05) is 6.42 Å². The van der Waals surface area contributed by atoms with Gasteiger partial charge in [0.25, 0.3) is 0 Å². The Balaban J connectivity index is 1.39. The Kier molecular flexibility index (Phi) is 35.9. The lowest BCUT2D eigenvalue weighted by Gasteiger charge is -2.48. The van der Waals surface area contributed by atoms with Crippen molar-refractivity contribution in [2.75, 3.05) is 26.4 Å². The summed E-state index contributed by atoms with van der Waals surface area (Å²) in [5.41, 5.74) is 0. The molecule has 3 saturated heterocycles. The van der Waals surface area contributed by atoms with Gasteiger partial charge in [-0.2, -0.15) is 0 Å². The van der Waals surface area contributed by atoms with Crippen LogP contribution in [0.2, 0.25) is 0 Å². The molecule has 0 radical (unpaired) electrons. The molecule has 19 nitrogen and oxygen atoms in total. The fourth-order valence-corrected chi connectivity index (χ4v) is 10.0. The number of unbranched alkanes of at least 4 members (excludes halogenated alkanes) is 26. The average Bonchev–Trinajstić information content (AvgIpc) is 3.40. The molecule has 3 aliphatic heterocycles. The number of hydrogen-bond donors (Lipinski definition) is 12. The highest BCUT2D eigenvalue weighted by molar-refractivity contribution is 5.76. The Morgan fingerprint density at radius 3 is 1.27 bits per heavy atom. The van der Waals surface area contributed by atoms with Gasteiger partial charge < -0.3 is 89.9 Å². The Morgan fingerprint density at radius 1 is 0.473 bits per heavy atom. The number of allylic oxidation sites excluding steroid dienone is 1. The highest BCUT2D eigenvalue weighted by Gasteiger charge is 2.53. The first-order valence-electron chi connectivity index (χ1n) is 28.9. The maximum absolute atomic E-state index is 13.0. The minimum atomic E-state index is -1.97. The largest absolute Gasteiger partial charge is 0.394 e. The van der Waals surface area contributed by atoms with Crippen LogP contribution in [0.1, 0.15) is 200 Å². The van der Waals surface area contributed by atoms with Crippen molar-refractivity contribution < 1.29 is 89.4 Å². The number of aliphatic hydroxyl groups excluding tert-OH is 11. The van der Waals surface area contributed by atoms with Crippen LogP contribution in [-0.2, 0) is 33.2 Å². The van der Waals surface area contributed by atoms with Crippen LogP contribution in [0.25, 0.3) is 0 Å². The van der Waals surface area contributed by atoms with Crippen LogP contribution >= 0.6 is 0 Å². The van der Waals surface area contributed by atoms with Gasteiger partial charge in [0.1, 0.15) is 73.2 Å². The standard InChI is InChI=1S/C55H103NO18/c1-3-5-7-9-10-11-12-13-14-15-16-17-18-19-20-21-22-23-24-25-26-27-28-29-30-32-39(60)38(56-43(61)33-31-8-6-4-2)37-69-53-49(67)46(64)51(41(35-58)71-53)74-55-50(68)47(65)52(42(36-59)72-55)73-54-48(66)45(63)44(62)40(34-57)70-54/h30,32,38-42,44-55,57-60,62-68H,3-29,31,33-37H2,1-2H3,(H,56,61)/b32-30+. The van der Waals surface area contributed by atoms with Gasteiger partial charge in [0.2, 0.25) is 5.91 Å². The molecule has 17 unspecified atom stereocenters. The zero-order valence-electron chi connectivity index (χ0n) is 45.1. The van der Waals surface area contributed by atoms with E-state index in [-0.39, 0.29) is 18.9 Å². The maximum Gasteiger partial charge on any atom is 0.220 e. The zero-order chi connectivity index (χ0) is 54.1. The summed E-state index contributed by atoms with van der Waals surface area (Å²) >= 11 is 0. The van der Waals surface area contributed by atoms with Crippen molar-refractivity contribution in [2.45, 2.75) is 304 Å². The molecule has 17 atom stereocenters. The summed E-state index contributed by atoms with van der Waals surface area (Å²) in [6, 6.07) is -0.963. The Morgan fingerprint density at radius 2 is 0.838 bits per heavy atom. The molecule has 3 rings (SSSR count). The number of ether oxygens (including phenoxy) is 6. The molecular formula is C55H103NO18. The Hall–Kier alpha value is -1.47. The summed E-state index contributed by atoms with van der Waals surface area (Å²) in [6.07, 6.45) is 11.6. The van der Waals surface area contributed by atoms with Crippen LogP contribution in [0, 0.1) is 0 Å². The van der Waals surface area contributed by atoms with E-state index in [1.807, 2.05) is 6.08 Å². The Bertz CT molecular complexity index is 1410. The van der Waals surface area contributed by atoms with E-state index in [1.54, 1.807) is 6.08 Å². The topological polar surface area (TPSA) is 307 Å². The van der Waals surface area contributed by atoms with E-state index in [4.69, 9.17) is 28.4 Å². The quantitative estimate of drug-likeness (QED) is 0.0301. The molecular weight excluding hydrogens is 963 g/mol. The first-order valence-corrected chi connectivity index (χ1v) is 28.9. The van der Waals surface area contributed by atoms with E-state index >= 15 is 0 Å². The molecule has 0 aromatic heterocycles. The van der Waals surface area contributed by atoms with Gasteiger partial charge in [-0.25, -0.2) is 0 Å². The molecule has 1 amide bonds. The van der Waals surface area contributed by atoms with Gasteiger partial charge in [0.05, 0.1) is 38.6 Å². The minimum Gasteiger partial charge on any atom is -0.394 e. The molecule has 0 aliphatic carbocycles. The lowest BCUT2D eigenvalue weighted by atomic mass is 9.96. The second-order valence-corrected chi connectivity index (χ2v) is 21.1. The second-order valence-electron chi connectivity index (χ2n) is 21.1. The van der Waals surface area contributed by atoms with Gasteiger partial charge >= 0.3 is 0 Å². The molecule has 0 aromatic rings. The van der Waals surface area contributed by atoms with Crippen LogP contribution < -0.4 is 5.32 Å². The molecule has 0 saturated carbocycles. The number of nitrogens with one attached hydrogen (secondary N) is 1. The van der Waals surface area contributed by atoms with Crippen molar-refractivity contribution in [1.82, 2.24) is 5.32 Å². The van der Waals surface area contributed by atoms with E-state index in [1.165, 1.54) is 128 Å². The monoisotopic (exact) mass is 1070 g/mol. The number of amides is 1. The minimum absolute atomic E-state index is 0.237. The lowest BCUT2D eigenvalue weighted by Crippen LogP contribution is -2.66. The molecule has 0 spiro atoms. The first kappa shape index (κ1) is 66.8. The lowest BCUT2D eigenvalue weighted by molar-refractivity contribution is -0.379. The fourth-order valence-electron chi connectivity index (χ4n) is 10.0. The SMILES string of the molecule is CCCCCCCCCCCCCCCCCCCCCCCCC/C=C/C(O)C(COC1OC(CO)C(OC2OC(CO)C(OC3OC(CO)C(O)C(O)C3O)C(O)C2O)C(O)C1O)NC(=O)CCCCCC. The summed E-state index contributed by atoms with van der Waals surface area (Å²) in [5, 5.41) is 119. The van der Waals surface area contributed by atoms with E-state index in [0.717, 1.165) is 44.9 Å². The third-order valence-corrected chi connectivity index (χ3v) is 14.8.